The first kappa shape index (κ1) is 12.4. The van der Waals surface area contributed by atoms with Crippen LogP contribution >= 0.6 is 27.3 Å². The van der Waals surface area contributed by atoms with E-state index in [1.54, 1.807) is 24.6 Å². The van der Waals surface area contributed by atoms with Crippen LogP contribution in [0.15, 0.2) is 28.2 Å². The van der Waals surface area contributed by atoms with Crippen molar-refractivity contribution in [1.82, 2.24) is 4.98 Å². The lowest BCUT2D eigenvalue weighted by Crippen LogP contribution is -2.01. The fraction of sp³-hybridized carbons (Fsp3) is 0.250. The third-order valence-electron chi connectivity index (χ3n) is 2.31. The molecule has 0 aliphatic carbocycles. The van der Waals surface area contributed by atoms with E-state index in [1.807, 2.05) is 13.0 Å². The summed E-state index contributed by atoms with van der Waals surface area (Å²) >= 11 is 5.18. The summed E-state index contributed by atoms with van der Waals surface area (Å²) in [4.78, 5) is 5.47. The van der Waals surface area contributed by atoms with Crippen LogP contribution in [-0.2, 0) is 6.54 Å². The average molecular weight is 313 g/mol. The minimum atomic E-state index is 0.770. The Morgan fingerprint density at radius 2 is 2.29 bits per heavy atom. The van der Waals surface area contributed by atoms with Gasteiger partial charge in [0.25, 0.3) is 0 Å². The molecule has 0 unspecified atom stereocenters. The van der Waals surface area contributed by atoms with Gasteiger partial charge in [-0.1, -0.05) is 0 Å². The molecular formula is C12H13BrN2OS. The van der Waals surface area contributed by atoms with E-state index >= 15 is 0 Å². The van der Waals surface area contributed by atoms with E-state index in [2.05, 4.69) is 38.4 Å². The predicted molar refractivity (Wildman–Crippen MR) is 74.9 cm³/mol. The fourth-order valence-corrected chi connectivity index (χ4v) is 2.90. The molecule has 2 heterocycles. The molecule has 2 aromatic heterocycles. The lowest BCUT2D eigenvalue weighted by atomic mass is 10.3. The zero-order valence-corrected chi connectivity index (χ0v) is 12.1. The van der Waals surface area contributed by atoms with Crippen molar-refractivity contribution in [3.63, 3.8) is 0 Å². The van der Waals surface area contributed by atoms with Crippen LogP contribution in [0.4, 0.5) is 5.69 Å². The molecule has 2 rings (SSSR count). The second-order valence-electron chi connectivity index (χ2n) is 3.59. The van der Waals surface area contributed by atoms with Crippen LogP contribution in [0.25, 0.3) is 0 Å². The molecule has 0 saturated heterocycles. The van der Waals surface area contributed by atoms with Crippen molar-refractivity contribution < 1.29 is 4.74 Å². The van der Waals surface area contributed by atoms with Crippen LogP contribution in [0.2, 0.25) is 0 Å². The number of aromatic nitrogens is 1. The summed E-state index contributed by atoms with van der Waals surface area (Å²) in [5, 5.41) is 3.36. The maximum atomic E-state index is 5.26. The van der Waals surface area contributed by atoms with Gasteiger partial charge in [0.15, 0.2) is 5.75 Å². The Balaban J connectivity index is 2.10. The number of pyridine rings is 1. The van der Waals surface area contributed by atoms with Gasteiger partial charge in [0.05, 0.1) is 22.8 Å². The van der Waals surface area contributed by atoms with Gasteiger partial charge in [0, 0.05) is 17.1 Å². The lowest BCUT2D eigenvalue weighted by molar-refractivity contribution is 0.414. The Hall–Kier alpha value is -1.07. The fourth-order valence-electron chi connectivity index (χ4n) is 1.48. The third kappa shape index (κ3) is 3.20. The van der Waals surface area contributed by atoms with Crippen LogP contribution in [-0.4, -0.2) is 12.1 Å². The SMILES string of the molecule is COc1cnc(C)cc1NCc1ccc(Br)s1. The summed E-state index contributed by atoms with van der Waals surface area (Å²) < 4.78 is 6.41. The maximum Gasteiger partial charge on any atom is 0.160 e. The van der Waals surface area contributed by atoms with E-state index < -0.39 is 0 Å². The molecule has 0 atom stereocenters. The van der Waals surface area contributed by atoms with Gasteiger partial charge >= 0.3 is 0 Å². The van der Waals surface area contributed by atoms with Crippen LogP contribution in [0.3, 0.4) is 0 Å². The molecule has 0 fully saturated rings. The number of aryl methyl sites for hydroxylation is 1. The largest absolute Gasteiger partial charge is 0.493 e. The van der Waals surface area contributed by atoms with Gasteiger partial charge in [-0.2, -0.15) is 0 Å². The van der Waals surface area contributed by atoms with E-state index in [1.165, 1.54) is 4.88 Å². The van der Waals surface area contributed by atoms with Gasteiger partial charge in [-0.25, -0.2) is 0 Å². The summed E-state index contributed by atoms with van der Waals surface area (Å²) in [5.41, 5.74) is 1.95. The molecule has 0 radical (unpaired) electrons. The van der Waals surface area contributed by atoms with Crippen molar-refractivity contribution in [2.45, 2.75) is 13.5 Å². The minimum Gasteiger partial charge on any atom is -0.493 e. The standard InChI is InChI=1S/C12H13BrN2OS/c1-8-5-10(11(16-2)7-14-8)15-6-9-3-4-12(13)17-9/h3-5,7H,6H2,1-2H3,(H,14,15). The van der Waals surface area contributed by atoms with Crippen molar-refractivity contribution in [3.8, 4) is 5.75 Å². The van der Waals surface area contributed by atoms with Crippen LogP contribution in [0.1, 0.15) is 10.6 Å². The molecule has 17 heavy (non-hydrogen) atoms. The number of rotatable bonds is 4. The van der Waals surface area contributed by atoms with Gasteiger partial charge in [-0.05, 0) is 41.1 Å². The van der Waals surface area contributed by atoms with Gasteiger partial charge in [-0.3, -0.25) is 4.98 Å². The third-order valence-corrected chi connectivity index (χ3v) is 3.93. The Labute approximate surface area is 113 Å². The zero-order valence-electron chi connectivity index (χ0n) is 9.66. The Kier molecular flexibility index (Phi) is 4.02. The van der Waals surface area contributed by atoms with Crippen LogP contribution in [0, 0.1) is 6.92 Å². The molecule has 0 amide bonds. The summed E-state index contributed by atoms with van der Waals surface area (Å²) in [5.74, 6) is 0.770. The van der Waals surface area contributed by atoms with Gasteiger partial charge < -0.3 is 10.1 Å². The highest BCUT2D eigenvalue weighted by molar-refractivity contribution is 9.11. The summed E-state index contributed by atoms with van der Waals surface area (Å²) in [6.45, 7) is 2.75. The van der Waals surface area contributed by atoms with Gasteiger partial charge in [-0.15, -0.1) is 11.3 Å². The molecule has 0 aromatic carbocycles. The van der Waals surface area contributed by atoms with E-state index in [9.17, 15) is 0 Å². The molecule has 2 aromatic rings. The zero-order chi connectivity index (χ0) is 12.3. The Morgan fingerprint density at radius 3 is 2.94 bits per heavy atom. The first-order chi connectivity index (χ1) is 8.19. The topological polar surface area (TPSA) is 34.1 Å². The number of hydrogen-bond acceptors (Lipinski definition) is 4. The minimum absolute atomic E-state index is 0.770. The van der Waals surface area contributed by atoms with E-state index in [-0.39, 0.29) is 0 Å². The number of ether oxygens (including phenoxy) is 1. The van der Waals surface area contributed by atoms with Crippen LogP contribution < -0.4 is 10.1 Å². The molecule has 90 valence electrons. The second kappa shape index (κ2) is 5.51. The van der Waals surface area contributed by atoms with Crippen molar-refractivity contribution >= 4 is 33.0 Å². The molecule has 0 aliphatic heterocycles. The first-order valence-electron chi connectivity index (χ1n) is 5.18. The molecule has 5 heteroatoms. The van der Waals surface area contributed by atoms with Gasteiger partial charge in [0.1, 0.15) is 0 Å². The number of thiophene rings is 1. The normalized spacial score (nSPS) is 10.3. The Bertz CT molecular complexity index is 513. The Morgan fingerprint density at radius 1 is 1.47 bits per heavy atom. The van der Waals surface area contributed by atoms with Gasteiger partial charge in [0.2, 0.25) is 0 Å². The monoisotopic (exact) mass is 312 g/mol. The van der Waals surface area contributed by atoms with Crippen molar-refractivity contribution in [2.24, 2.45) is 0 Å². The summed E-state index contributed by atoms with van der Waals surface area (Å²) in [6.07, 6.45) is 1.74. The van der Waals surface area contributed by atoms with Crippen molar-refractivity contribution in [2.75, 3.05) is 12.4 Å². The first-order valence-corrected chi connectivity index (χ1v) is 6.78. The highest BCUT2D eigenvalue weighted by atomic mass is 79.9. The summed E-state index contributed by atoms with van der Waals surface area (Å²) in [7, 11) is 1.65. The number of nitrogens with one attached hydrogen (secondary N) is 1. The molecule has 0 spiro atoms. The number of anilines is 1. The van der Waals surface area contributed by atoms with Crippen molar-refractivity contribution in [3.05, 3.63) is 38.8 Å². The molecule has 0 bridgehead atoms. The molecule has 3 nitrogen and oxygen atoms in total. The van der Waals surface area contributed by atoms with Crippen LogP contribution in [0.5, 0.6) is 5.75 Å². The molecule has 0 aliphatic rings. The number of halogens is 1. The average Bonchev–Trinajstić information content (AvgIpc) is 2.73. The van der Waals surface area contributed by atoms with Crippen molar-refractivity contribution in [1.29, 1.82) is 0 Å². The quantitative estimate of drug-likeness (QED) is 0.931. The number of methoxy groups -OCH3 is 1. The maximum absolute atomic E-state index is 5.26. The second-order valence-corrected chi connectivity index (χ2v) is 6.13. The summed E-state index contributed by atoms with van der Waals surface area (Å²) in [6, 6.07) is 6.14. The smallest absolute Gasteiger partial charge is 0.160 e. The molecule has 1 N–H and O–H groups in total. The number of hydrogen-bond donors (Lipinski definition) is 1. The molecular weight excluding hydrogens is 300 g/mol. The molecule has 0 saturated carbocycles. The van der Waals surface area contributed by atoms with E-state index in [0.717, 1.165) is 27.5 Å². The predicted octanol–water partition coefficient (Wildman–Crippen LogP) is 3.83. The van der Waals surface area contributed by atoms with E-state index in [0.29, 0.717) is 0 Å². The number of nitrogens with zero attached hydrogens (tertiary/aromatic N) is 1. The highest BCUT2D eigenvalue weighted by Crippen LogP contribution is 2.26. The lowest BCUT2D eigenvalue weighted by Gasteiger charge is -2.10. The highest BCUT2D eigenvalue weighted by Gasteiger charge is 2.04. The van der Waals surface area contributed by atoms with E-state index in [4.69, 9.17) is 4.74 Å².